The van der Waals surface area contributed by atoms with Gasteiger partial charge in [0.25, 0.3) is 0 Å². The fourth-order valence-corrected chi connectivity index (χ4v) is 2.88. The van der Waals surface area contributed by atoms with E-state index in [-0.39, 0.29) is 0 Å². The van der Waals surface area contributed by atoms with E-state index in [9.17, 15) is 0 Å². The number of aryl methyl sites for hydroxylation is 1. The third kappa shape index (κ3) is 2.28. The Morgan fingerprint density at radius 1 is 1.27 bits per heavy atom. The van der Waals surface area contributed by atoms with Gasteiger partial charge in [0, 0.05) is 0 Å². The lowest BCUT2D eigenvalue weighted by Crippen LogP contribution is -1.99. The molecule has 0 atom stereocenters. The Balaban J connectivity index is 2.31. The van der Waals surface area contributed by atoms with Crippen molar-refractivity contribution < 1.29 is 0 Å². The van der Waals surface area contributed by atoms with Crippen LogP contribution in [0.3, 0.4) is 0 Å². The summed E-state index contributed by atoms with van der Waals surface area (Å²) in [7, 11) is 0. The topological polar surface area (TPSA) is 0 Å². The van der Waals surface area contributed by atoms with Crippen LogP contribution in [-0.4, -0.2) is 0 Å². The van der Waals surface area contributed by atoms with Crippen LogP contribution in [0.2, 0.25) is 0 Å². The Bertz CT molecular complexity index is 359. The molecule has 2 rings (SSSR count). The molecule has 15 heavy (non-hydrogen) atoms. The summed E-state index contributed by atoms with van der Waals surface area (Å²) < 4.78 is 0. The van der Waals surface area contributed by atoms with Crippen LogP contribution in [0.5, 0.6) is 0 Å². The highest BCUT2D eigenvalue weighted by Crippen LogP contribution is 2.37. The number of hydrogen-bond acceptors (Lipinski definition) is 1. The Morgan fingerprint density at radius 3 is 2.53 bits per heavy atom. The monoisotopic (exact) mass is 218 g/mol. The molecule has 1 heteroatoms. The molecule has 0 nitrogen and oxygen atoms in total. The smallest absolute Gasteiger partial charge is 0.0151 e. The Hall–Kier alpha value is -0.690. The van der Waals surface area contributed by atoms with Gasteiger partial charge in [-0.2, -0.15) is 12.6 Å². The van der Waals surface area contributed by atoms with Crippen molar-refractivity contribution in [3.63, 3.8) is 0 Å². The summed E-state index contributed by atoms with van der Waals surface area (Å²) in [5, 5.41) is 2.01. The predicted octanol–water partition coefficient (Wildman–Crippen LogP) is 4.46. The van der Waals surface area contributed by atoms with Crippen molar-refractivity contribution in [2.24, 2.45) is 5.92 Å². The molecule has 1 aliphatic carbocycles. The molecule has 1 aromatic rings. The third-order valence-corrected chi connectivity index (χ3v) is 3.67. The van der Waals surface area contributed by atoms with Crippen molar-refractivity contribution in [3.05, 3.63) is 40.8 Å². The molecular weight excluding hydrogens is 200 g/mol. The standard InChI is InChI=1S/C14H18S/c1-11-6-2-5-9-13(11)14(10-15)12-7-3-4-8-12/h2,5-6,9-10,12,15H,3-4,7-8H2,1H3/b14-10-. The van der Waals surface area contributed by atoms with Crippen LogP contribution in [0, 0.1) is 12.8 Å². The van der Waals surface area contributed by atoms with Crippen LogP contribution in [0.25, 0.3) is 5.57 Å². The normalized spacial score (nSPS) is 18.4. The summed E-state index contributed by atoms with van der Waals surface area (Å²) in [4.78, 5) is 0. The van der Waals surface area contributed by atoms with Crippen LogP contribution >= 0.6 is 12.6 Å². The molecule has 80 valence electrons. The van der Waals surface area contributed by atoms with E-state index in [1.165, 1.54) is 42.4 Å². The van der Waals surface area contributed by atoms with Gasteiger partial charge in [0.2, 0.25) is 0 Å². The Kier molecular flexibility index (Phi) is 3.53. The molecule has 1 fully saturated rings. The van der Waals surface area contributed by atoms with Crippen LogP contribution in [-0.2, 0) is 0 Å². The zero-order valence-corrected chi connectivity index (χ0v) is 10.1. The lowest BCUT2D eigenvalue weighted by molar-refractivity contribution is 0.706. The molecule has 0 N–H and O–H groups in total. The van der Waals surface area contributed by atoms with E-state index < -0.39 is 0 Å². The lowest BCUT2D eigenvalue weighted by Gasteiger charge is -2.16. The fourth-order valence-electron chi connectivity index (χ4n) is 2.53. The fraction of sp³-hybridized carbons (Fsp3) is 0.429. The van der Waals surface area contributed by atoms with Gasteiger partial charge >= 0.3 is 0 Å². The van der Waals surface area contributed by atoms with E-state index in [0.717, 1.165) is 5.92 Å². The largest absolute Gasteiger partial charge is 0.151 e. The molecule has 0 radical (unpaired) electrons. The van der Waals surface area contributed by atoms with Gasteiger partial charge in [0.05, 0.1) is 0 Å². The Labute approximate surface area is 97.8 Å². The van der Waals surface area contributed by atoms with E-state index in [1.807, 2.05) is 5.41 Å². The average molecular weight is 218 g/mol. The SMILES string of the molecule is Cc1ccccc1/C(=C\S)C1CCCC1. The van der Waals surface area contributed by atoms with E-state index in [1.54, 1.807) is 0 Å². The first-order valence-corrected chi connectivity index (χ1v) is 6.25. The van der Waals surface area contributed by atoms with Crippen LogP contribution in [0.15, 0.2) is 29.7 Å². The van der Waals surface area contributed by atoms with E-state index in [2.05, 4.69) is 43.8 Å². The van der Waals surface area contributed by atoms with Crippen molar-refractivity contribution in [1.29, 1.82) is 0 Å². The van der Waals surface area contributed by atoms with Gasteiger partial charge in [0.1, 0.15) is 0 Å². The second kappa shape index (κ2) is 4.89. The van der Waals surface area contributed by atoms with Crippen molar-refractivity contribution in [2.75, 3.05) is 0 Å². The van der Waals surface area contributed by atoms with Crippen LogP contribution in [0.4, 0.5) is 0 Å². The van der Waals surface area contributed by atoms with E-state index in [4.69, 9.17) is 0 Å². The molecule has 0 aliphatic heterocycles. The quantitative estimate of drug-likeness (QED) is 0.696. The zero-order valence-electron chi connectivity index (χ0n) is 9.24. The summed E-state index contributed by atoms with van der Waals surface area (Å²) in [6.45, 7) is 2.18. The van der Waals surface area contributed by atoms with E-state index in [0.29, 0.717) is 0 Å². The van der Waals surface area contributed by atoms with Gasteiger partial charge < -0.3 is 0 Å². The molecule has 0 bridgehead atoms. The highest BCUT2D eigenvalue weighted by atomic mass is 32.1. The van der Waals surface area contributed by atoms with Crippen molar-refractivity contribution in [2.45, 2.75) is 32.6 Å². The lowest BCUT2D eigenvalue weighted by atomic mass is 9.90. The van der Waals surface area contributed by atoms with Gasteiger partial charge in [-0.25, -0.2) is 0 Å². The van der Waals surface area contributed by atoms with Crippen molar-refractivity contribution >= 4 is 18.2 Å². The van der Waals surface area contributed by atoms with Gasteiger partial charge in [0.15, 0.2) is 0 Å². The average Bonchev–Trinajstić information content (AvgIpc) is 2.75. The number of hydrogen-bond donors (Lipinski definition) is 1. The minimum atomic E-state index is 0.739. The highest BCUT2D eigenvalue weighted by molar-refractivity contribution is 7.83. The second-order valence-corrected chi connectivity index (χ2v) is 4.64. The molecule has 1 saturated carbocycles. The second-order valence-electron chi connectivity index (χ2n) is 4.38. The number of thiol groups is 1. The van der Waals surface area contributed by atoms with Crippen LogP contribution < -0.4 is 0 Å². The number of allylic oxidation sites excluding steroid dienone is 1. The van der Waals surface area contributed by atoms with Gasteiger partial charge in [-0.3, -0.25) is 0 Å². The Morgan fingerprint density at radius 2 is 1.93 bits per heavy atom. The summed E-state index contributed by atoms with van der Waals surface area (Å²) >= 11 is 4.39. The number of benzene rings is 1. The molecule has 0 saturated heterocycles. The maximum atomic E-state index is 4.39. The summed E-state index contributed by atoms with van der Waals surface area (Å²) in [5.41, 5.74) is 4.19. The van der Waals surface area contributed by atoms with Crippen LogP contribution in [0.1, 0.15) is 36.8 Å². The first kappa shape index (κ1) is 10.8. The molecule has 0 heterocycles. The first-order valence-electron chi connectivity index (χ1n) is 5.73. The van der Waals surface area contributed by atoms with Gasteiger partial charge in [-0.15, -0.1) is 0 Å². The third-order valence-electron chi connectivity index (χ3n) is 3.39. The molecule has 1 aliphatic rings. The predicted molar refractivity (Wildman–Crippen MR) is 70.1 cm³/mol. The molecule has 0 spiro atoms. The van der Waals surface area contributed by atoms with E-state index >= 15 is 0 Å². The minimum absolute atomic E-state index is 0.739. The van der Waals surface area contributed by atoms with Gasteiger partial charge in [-0.05, 0) is 47.8 Å². The maximum Gasteiger partial charge on any atom is -0.0151 e. The molecular formula is C14H18S. The molecule has 0 unspecified atom stereocenters. The zero-order chi connectivity index (χ0) is 10.7. The van der Waals surface area contributed by atoms with Crippen molar-refractivity contribution in [3.8, 4) is 0 Å². The molecule has 0 aromatic heterocycles. The van der Waals surface area contributed by atoms with Gasteiger partial charge in [-0.1, -0.05) is 37.1 Å². The summed E-state index contributed by atoms with van der Waals surface area (Å²) in [5.74, 6) is 0.739. The summed E-state index contributed by atoms with van der Waals surface area (Å²) in [6.07, 6.45) is 5.42. The highest BCUT2D eigenvalue weighted by Gasteiger charge is 2.20. The minimum Gasteiger partial charge on any atom is -0.151 e. The molecule has 0 amide bonds. The van der Waals surface area contributed by atoms with Crippen molar-refractivity contribution in [1.82, 2.24) is 0 Å². The molecule has 1 aromatic carbocycles. The number of rotatable bonds is 2. The maximum absolute atomic E-state index is 4.39. The summed E-state index contributed by atoms with van der Waals surface area (Å²) in [6, 6.07) is 8.62. The first-order chi connectivity index (χ1) is 7.33.